The van der Waals surface area contributed by atoms with Gasteiger partial charge in [0.15, 0.2) is 0 Å². The summed E-state index contributed by atoms with van der Waals surface area (Å²) in [4.78, 5) is 0. The monoisotopic (exact) mass is 352 g/mol. The quantitative estimate of drug-likeness (QED) is 0.521. The number of nitrogens with one attached hydrogen (secondary N) is 1. The Morgan fingerprint density at radius 2 is 1.80 bits per heavy atom. The fraction of sp³-hybridized carbons (Fsp3) is 0.200. The van der Waals surface area contributed by atoms with E-state index in [1.165, 1.54) is 11.1 Å². The second-order valence-electron chi connectivity index (χ2n) is 6.08. The lowest BCUT2D eigenvalue weighted by Crippen LogP contribution is -2.04. The van der Waals surface area contributed by atoms with Crippen LogP contribution in [0.2, 0.25) is 5.02 Å². The maximum atomic E-state index is 6.12. The van der Waals surface area contributed by atoms with Crippen molar-refractivity contribution in [2.45, 2.75) is 27.3 Å². The molecule has 0 aliphatic carbocycles. The van der Waals surface area contributed by atoms with Crippen LogP contribution in [0, 0.1) is 20.8 Å². The normalized spacial score (nSPS) is 11.2. The average molecular weight is 353 g/mol. The standard InChI is InChI=1S/C20H21ClN4/c1-14-8-10-17(11-9-14)13-25-16(3)18(15(2)24-25)12-22-23-20-7-5-4-6-19(20)21/h4-12,23H,13H2,1-3H3/b22-12+. The summed E-state index contributed by atoms with van der Waals surface area (Å²) < 4.78 is 2.01. The van der Waals surface area contributed by atoms with Gasteiger partial charge in [0, 0.05) is 11.3 Å². The molecule has 4 nitrogen and oxygen atoms in total. The number of hydrogen-bond donors (Lipinski definition) is 1. The highest BCUT2D eigenvalue weighted by atomic mass is 35.5. The number of aromatic nitrogens is 2. The van der Waals surface area contributed by atoms with E-state index in [4.69, 9.17) is 11.6 Å². The molecular weight excluding hydrogens is 332 g/mol. The minimum atomic E-state index is 0.642. The van der Waals surface area contributed by atoms with Crippen molar-refractivity contribution in [1.29, 1.82) is 0 Å². The van der Waals surface area contributed by atoms with E-state index >= 15 is 0 Å². The Bertz CT molecular complexity index is 895. The highest BCUT2D eigenvalue weighted by molar-refractivity contribution is 6.33. The van der Waals surface area contributed by atoms with E-state index in [1.54, 1.807) is 6.21 Å². The first-order valence-electron chi connectivity index (χ1n) is 8.18. The van der Waals surface area contributed by atoms with Gasteiger partial charge in [-0.2, -0.15) is 10.2 Å². The molecule has 0 radical (unpaired) electrons. The number of nitrogens with zero attached hydrogens (tertiary/aromatic N) is 3. The van der Waals surface area contributed by atoms with Gasteiger partial charge in [-0.1, -0.05) is 53.6 Å². The molecule has 3 aromatic rings. The van der Waals surface area contributed by atoms with Gasteiger partial charge in [-0.25, -0.2) is 0 Å². The van der Waals surface area contributed by atoms with Crippen LogP contribution in [0.5, 0.6) is 0 Å². The zero-order valence-corrected chi connectivity index (χ0v) is 15.4. The molecule has 1 N–H and O–H groups in total. The van der Waals surface area contributed by atoms with E-state index in [1.807, 2.05) is 35.9 Å². The summed E-state index contributed by atoms with van der Waals surface area (Å²) >= 11 is 6.12. The number of aryl methyl sites for hydroxylation is 2. The molecule has 128 valence electrons. The Kier molecular flexibility index (Phi) is 5.19. The molecule has 0 saturated carbocycles. The maximum Gasteiger partial charge on any atom is 0.0748 e. The molecular formula is C20H21ClN4. The van der Waals surface area contributed by atoms with Crippen LogP contribution in [0.4, 0.5) is 5.69 Å². The third kappa shape index (κ3) is 4.09. The number of hydrogen-bond acceptors (Lipinski definition) is 3. The van der Waals surface area contributed by atoms with Crippen molar-refractivity contribution in [3.8, 4) is 0 Å². The highest BCUT2D eigenvalue weighted by Gasteiger charge is 2.10. The third-order valence-electron chi connectivity index (χ3n) is 4.14. The summed E-state index contributed by atoms with van der Waals surface area (Å²) in [5.41, 5.74) is 9.31. The zero-order valence-electron chi connectivity index (χ0n) is 14.6. The highest BCUT2D eigenvalue weighted by Crippen LogP contribution is 2.20. The van der Waals surface area contributed by atoms with Gasteiger partial charge in [0.2, 0.25) is 0 Å². The van der Waals surface area contributed by atoms with E-state index in [9.17, 15) is 0 Å². The van der Waals surface area contributed by atoms with Gasteiger partial charge < -0.3 is 0 Å². The predicted octanol–water partition coefficient (Wildman–Crippen LogP) is 4.96. The van der Waals surface area contributed by atoms with Crippen LogP contribution in [0.15, 0.2) is 53.6 Å². The molecule has 0 saturated heterocycles. The molecule has 0 aliphatic heterocycles. The molecule has 2 aromatic carbocycles. The molecule has 0 atom stereocenters. The summed E-state index contributed by atoms with van der Waals surface area (Å²) in [5.74, 6) is 0. The lowest BCUT2D eigenvalue weighted by Gasteiger charge is -2.05. The van der Waals surface area contributed by atoms with Crippen LogP contribution in [0.1, 0.15) is 28.1 Å². The first-order chi connectivity index (χ1) is 12.0. The van der Waals surface area contributed by atoms with Crippen LogP contribution in [-0.2, 0) is 6.54 Å². The minimum Gasteiger partial charge on any atom is -0.277 e. The molecule has 0 unspecified atom stereocenters. The summed E-state index contributed by atoms with van der Waals surface area (Å²) in [5, 5.41) is 9.60. The number of halogens is 1. The van der Waals surface area contributed by atoms with Gasteiger partial charge in [-0.3, -0.25) is 10.1 Å². The lowest BCUT2D eigenvalue weighted by molar-refractivity contribution is 0.659. The van der Waals surface area contributed by atoms with Gasteiger partial charge in [0.25, 0.3) is 0 Å². The molecule has 0 amide bonds. The molecule has 1 aromatic heterocycles. The van der Waals surface area contributed by atoms with E-state index < -0.39 is 0 Å². The van der Waals surface area contributed by atoms with Crippen LogP contribution >= 0.6 is 11.6 Å². The minimum absolute atomic E-state index is 0.642. The zero-order chi connectivity index (χ0) is 17.8. The van der Waals surface area contributed by atoms with E-state index in [2.05, 4.69) is 53.7 Å². The van der Waals surface area contributed by atoms with Crippen molar-refractivity contribution in [3.63, 3.8) is 0 Å². The molecule has 0 spiro atoms. The smallest absolute Gasteiger partial charge is 0.0748 e. The molecule has 1 heterocycles. The molecule has 3 rings (SSSR count). The van der Waals surface area contributed by atoms with Gasteiger partial charge in [0.1, 0.15) is 0 Å². The van der Waals surface area contributed by atoms with Crippen molar-refractivity contribution in [2.24, 2.45) is 5.10 Å². The molecule has 0 fully saturated rings. The Morgan fingerprint density at radius 3 is 2.52 bits per heavy atom. The van der Waals surface area contributed by atoms with Crippen LogP contribution in [-0.4, -0.2) is 16.0 Å². The fourth-order valence-corrected chi connectivity index (χ4v) is 2.81. The SMILES string of the molecule is Cc1ccc(Cn2nc(C)c(/C=N/Nc3ccccc3Cl)c2C)cc1. The van der Waals surface area contributed by atoms with Crippen molar-refractivity contribution < 1.29 is 0 Å². The van der Waals surface area contributed by atoms with Gasteiger partial charge in [0.05, 0.1) is 29.2 Å². The van der Waals surface area contributed by atoms with Crippen molar-refractivity contribution >= 4 is 23.5 Å². The number of anilines is 1. The maximum absolute atomic E-state index is 6.12. The van der Waals surface area contributed by atoms with Gasteiger partial charge in [-0.15, -0.1) is 0 Å². The number of para-hydroxylation sites is 1. The molecule has 5 heteroatoms. The third-order valence-corrected chi connectivity index (χ3v) is 4.47. The van der Waals surface area contributed by atoms with Gasteiger partial charge in [-0.05, 0) is 38.5 Å². The summed E-state index contributed by atoms with van der Waals surface area (Å²) in [7, 11) is 0. The molecule has 25 heavy (non-hydrogen) atoms. The van der Waals surface area contributed by atoms with Crippen LogP contribution < -0.4 is 5.43 Å². The topological polar surface area (TPSA) is 42.2 Å². The Balaban J connectivity index is 1.76. The van der Waals surface area contributed by atoms with E-state index in [0.29, 0.717) is 5.02 Å². The Morgan fingerprint density at radius 1 is 1.08 bits per heavy atom. The summed E-state index contributed by atoms with van der Waals surface area (Å²) in [6.45, 7) is 6.90. The number of hydrazone groups is 1. The average Bonchev–Trinajstić information content (AvgIpc) is 2.86. The van der Waals surface area contributed by atoms with E-state index in [-0.39, 0.29) is 0 Å². The van der Waals surface area contributed by atoms with Crippen molar-refractivity contribution in [3.05, 3.63) is 81.6 Å². The second kappa shape index (κ2) is 7.53. The number of benzene rings is 2. The summed E-state index contributed by atoms with van der Waals surface area (Å²) in [6.07, 6.45) is 1.80. The second-order valence-corrected chi connectivity index (χ2v) is 6.48. The lowest BCUT2D eigenvalue weighted by atomic mass is 10.1. The first-order valence-corrected chi connectivity index (χ1v) is 8.55. The Labute approximate surface area is 153 Å². The molecule has 0 aliphatic rings. The largest absolute Gasteiger partial charge is 0.277 e. The Hall–Kier alpha value is -2.59. The predicted molar refractivity (Wildman–Crippen MR) is 105 cm³/mol. The van der Waals surface area contributed by atoms with Gasteiger partial charge >= 0.3 is 0 Å². The van der Waals surface area contributed by atoms with Crippen molar-refractivity contribution in [1.82, 2.24) is 9.78 Å². The van der Waals surface area contributed by atoms with Crippen LogP contribution in [0.3, 0.4) is 0 Å². The van der Waals surface area contributed by atoms with E-state index in [0.717, 1.165) is 29.2 Å². The van der Waals surface area contributed by atoms with Crippen molar-refractivity contribution in [2.75, 3.05) is 5.43 Å². The number of rotatable bonds is 5. The summed E-state index contributed by atoms with van der Waals surface area (Å²) in [6, 6.07) is 16.0. The fourth-order valence-electron chi connectivity index (χ4n) is 2.64. The first kappa shape index (κ1) is 17.2. The molecule has 0 bridgehead atoms. The van der Waals surface area contributed by atoms with Crippen LogP contribution in [0.25, 0.3) is 0 Å².